The minimum absolute atomic E-state index is 0.0337. The fourth-order valence-electron chi connectivity index (χ4n) is 2.64. The smallest absolute Gasteiger partial charge is 0.0917 e. The van der Waals surface area contributed by atoms with Crippen LogP contribution in [0.3, 0.4) is 0 Å². The Kier molecular flexibility index (Phi) is 7.69. The number of rotatable bonds is 9. The summed E-state index contributed by atoms with van der Waals surface area (Å²) in [6.07, 6.45) is -0.670. The van der Waals surface area contributed by atoms with Crippen LogP contribution in [0.4, 0.5) is 0 Å². The number of aliphatic hydroxyl groups is 2. The lowest BCUT2D eigenvalue weighted by atomic mass is 10.1. The van der Waals surface area contributed by atoms with Gasteiger partial charge in [-0.3, -0.25) is 4.90 Å². The van der Waals surface area contributed by atoms with Crippen LogP contribution in [0.1, 0.15) is 17.2 Å². The van der Waals surface area contributed by atoms with Gasteiger partial charge in [0.25, 0.3) is 0 Å². The average Bonchev–Trinajstić information content (AvgIpc) is 2.60. The van der Waals surface area contributed by atoms with Crippen molar-refractivity contribution in [3.8, 4) is 0 Å². The summed E-state index contributed by atoms with van der Waals surface area (Å²) < 4.78 is 5.22. The molecule has 2 atom stereocenters. The molecule has 2 aromatic rings. The molecule has 0 aliphatic heterocycles. The van der Waals surface area contributed by atoms with Crippen molar-refractivity contribution in [2.75, 3.05) is 26.9 Å². The fraction of sp³-hybridized carbons (Fsp3) is 0.368. The van der Waals surface area contributed by atoms with Crippen molar-refractivity contribution in [2.45, 2.75) is 18.7 Å². The summed E-state index contributed by atoms with van der Waals surface area (Å²) >= 11 is 5.90. The van der Waals surface area contributed by atoms with Gasteiger partial charge in [-0.05, 0) is 23.3 Å². The second-order valence-corrected chi connectivity index (χ2v) is 6.21. The van der Waals surface area contributed by atoms with Crippen LogP contribution < -0.4 is 0 Å². The van der Waals surface area contributed by atoms with Gasteiger partial charge in [0.05, 0.1) is 25.4 Å². The minimum Gasteiger partial charge on any atom is -0.395 e. The average molecular weight is 350 g/mol. The molecule has 0 aromatic heterocycles. The Balaban J connectivity index is 2.13. The first kappa shape index (κ1) is 18.9. The van der Waals surface area contributed by atoms with Crippen LogP contribution in [-0.2, 0) is 11.3 Å². The van der Waals surface area contributed by atoms with Crippen molar-refractivity contribution in [2.24, 2.45) is 0 Å². The molecule has 0 spiro atoms. The monoisotopic (exact) mass is 349 g/mol. The highest BCUT2D eigenvalue weighted by molar-refractivity contribution is 6.30. The lowest BCUT2D eigenvalue weighted by Gasteiger charge is -2.32. The van der Waals surface area contributed by atoms with Crippen LogP contribution in [0.25, 0.3) is 0 Å². The second-order valence-electron chi connectivity index (χ2n) is 5.77. The Hall–Kier alpha value is -1.43. The first-order chi connectivity index (χ1) is 11.6. The van der Waals surface area contributed by atoms with Crippen molar-refractivity contribution in [1.82, 2.24) is 4.90 Å². The number of aliphatic hydroxyl groups excluding tert-OH is 2. The van der Waals surface area contributed by atoms with E-state index in [-0.39, 0.29) is 12.6 Å². The molecule has 0 fully saturated rings. The molecule has 0 saturated carbocycles. The van der Waals surface area contributed by atoms with Gasteiger partial charge in [0.15, 0.2) is 0 Å². The number of halogens is 1. The molecule has 0 aliphatic rings. The summed E-state index contributed by atoms with van der Waals surface area (Å²) in [5, 5.41) is 20.9. The topological polar surface area (TPSA) is 52.9 Å². The molecule has 0 amide bonds. The number of ether oxygens (including phenoxy) is 1. The molecular formula is C19H24ClNO3. The molecule has 0 saturated heterocycles. The van der Waals surface area contributed by atoms with Crippen LogP contribution in [0, 0.1) is 0 Å². The molecule has 2 aromatic carbocycles. The summed E-state index contributed by atoms with van der Waals surface area (Å²) in [6.45, 7) is 1.38. The van der Waals surface area contributed by atoms with E-state index in [0.29, 0.717) is 24.7 Å². The molecule has 130 valence electrons. The Morgan fingerprint density at radius 3 is 2.33 bits per heavy atom. The number of benzene rings is 2. The van der Waals surface area contributed by atoms with Crippen molar-refractivity contribution in [3.63, 3.8) is 0 Å². The Morgan fingerprint density at radius 2 is 1.75 bits per heavy atom. The first-order valence-electron chi connectivity index (χ1n) is 7.95. The van der Waals surface area contributed by atoms with Crippen molar-refractivity contribution < 1.29 is 14.9 Å². The molecule has 2 unspecified atom stereocenters. The molecule has 0 heterocycles. The zero-order valence-corrected chi connectivity index (χ0v) is 14.6. The predicted octanol–water partition coefficient (Wildman–Crippen LogP) is 2.88. The maximum Gasteiger partial charge on any atom is 0.0917 e. The zero-order valence-electron chi connectivity index (χ0n) is 13.8. The molecular weight excluding hydrogens is 326 g/mol. The first-order valence-corrected chi connectivity index (χ1v) is 8.33. The third kappa shape index (κ3) is 5.58. The second kappa shape index (κ2) is 9.77. The highest BCUT2D eigenvalue weighted by atomic mass is 35.5. The van der Waals surface area contributed by atoms with Crippen LogP contribution in [0.2, 0.25) is 5.02 Å². The Labute approximate surface area is 148 Å². The Morgan fingerprint density at radius 1 is 1.08 bits per heavy atom. The van der Waals surface area contributed by atoms with Crippen LogP contribution in [-0.4, -0.2) is 48.0 Å². The third-order valence-corrected chi connectivity index (χ3v) is 4.23. The third-order valence-electron chi connectivity index (χ3n) is 3.98. The number of hydrogen-bond acceptors (Lipinski definition) is 4. The molecule has 0 bridgehead atoms. The van der Waals surface area contributed by atoms with Crippen molar-refractivity contribution >= 4 is 11.6 Å². The molecule has 24 heavy (non-hydrogen) atoms. The van der Waals surface area contributed by atoms with Gasteiger partial charge in [-0.15, -0.1) is 0 Å². The van der Waals surface area contributed by atoms with E-state index < -0.39 is 6.10 Å². The Bertz CT molecular complexity index is 591. The highest BCUT2D eigenvalue weighted by Crippen LogP contribution is 2.20. The quantitative estimate of drug-likeness (QED) is 0.731. The maximum absolute atomic E-state index is 10.6. The van der Waals surface area contributed by atoms with E-state index in [0.717, 1.165) is 11.1 Å². The number of nitrogens with zero attached hydrogens (tertiary/aromatic N) is 1. The lowest BCUT2D eigenvalue weighted by molar-refractivity contribution is 0.0182. The van der Waals surface area contributed by atoms with Gasteiger partial charge in [0.1, 0.15) is 0 Å². The maximum atomic E-state index is 10.6. The molecule has 2 rings (SSSR count). The fourth-order valence-corrected chi connectivity index (χ4v) is 2.77. The normalized spacial score (nSPS) is 13.9. The molecule has 5 heteroatoms. The summed E-state index contributed by atoms with van der Waals surface area (Å²) in [5.41, 5.74) is 1.92. The van der Waals surface area contributed by atoms with E-state index in [1.54, 1.807) is 19.2 Å². The van der Waals surface area contributed by atoms with Crippen molar-refractivity contribution in [1.29, 1.82) is 0 Å². The highest BCUT2D eigenvalue weighted by Gasteiger charge is 2.22. The van der Waals surface area contributed by atoms with Crippen LogP contribution >= 0.6 is 11.6 Å². The number of hydrogen-bond donors (Lipinski definition) is 2. The van der Waals surface area contributed by atoms with Crippen LogP contribution in [0.5, 0.6) is 0 Å². The largest absolute Gasteiger partial charge is 0.395 e. The standard InChI is InChI=1S/C19H24ClNO3/c1-24-14-18(13-22)21(11-15-5-3-2-4-6-15)12-19(23)16-7-9-17(20)10-8-16/h2-10,18-19,22-23H,11-14H2,1H3. The molecule has 0 aliphatic carbocycles. The van der Waals surface area contributed by atoms with Gasteiger partial charge in [-0.1, -0.05) is 54.1 Å². The summed E-state index contributed by atoms with van der Waals surface area (Å²) in [5.74, 6) is 0. The minimum atomic E-state index is -0.670. The van der Waals surface area contributed by atoms with Gasteiger partial charge < -0.3 is 14.9 Å². The number of methoxy groups -OCH3 is 1. The van der Waals surface area contributed by atoms with Crippen LogP contribution in [0.15, 0.2) is 54.6 Å². The predicted molar refractivity (Wildman–Crippen MR) is 96.0 cm³/mol. The van der Waals surface area contributed by atoms with E-state index in [1.807, 2.05) is 47.4 Å². The summed E-state index contributed by atoms with van der Waals surface area (Å²) in [4.78, 5) is 2.04. The SMILES string of the molecule is COCC(CO)N(Cc1ccccc1)CC(O)c1ccc(Cl)cc1. The van der Waals surface area contributed by atoms with E-state index in [9.17, 15) is 10.2 Å². The van der Waals surface area contributed by atoms with Gasteiger partial charge in [-0.25, -0.2) is 0 Å². The lowest BCUT2D eigenvalue weighted by Crippen LogP contribution is -2.42. The van der Waals surface area contributed by atoms with E-state index in [1.165, 1.54) is 0 Å². The summed E-state index contributed by atoms with van der Waals surface area (Å²) in [6, 6.07) is 17.0. The van der Waals surface area contributed by atoms with Gasteiger partial charge >= 0.3 is 0 Å². The summed E-state index contributed by atoms with van der Waals surface area (Å²) in [7, 11) is 1.61. The van der Waals surface area contributed by atoms with E-state index in [2.05, 4.69) is 0 Å². The van der Waals surface area contributed by atoms with E-state index in [4.69, 9.17) is 16.3 Å². The van der Waals surface area contributed by atoms with Gasteiger partial charge in [0, 0.05) is 25.2 Å². The van der Waals surface area contributed by atoms with Gasteiger partial charge in [0.2, 0.25) is 0 Å². The molecule has 4 nitrogen and oxygen atoms in total. The van der Waals surface area contributed by atoms with Crippen molar-refractivity contribution in [3.05, 3.63) is 70.7 Å². The zero-order chi connectivity index (χ0) is 17.4. The molecule has 0 radical (unpaired) electrons. The molecule has 2 N–H and O–H groups in total. The van der Waals surface area contributed by atoms with E-state index >= 15 is 0 Å². The van der Waals surface area contributed by atoms with Gasteiger partial charge in [-0.2, -0.15) is 0 Å².